The molecule has 0 saturated heterocycles. The minimum absolute atomic E-state index is 0. The van der Waals surface area contributed by atoms with E-state index in [4.69, 9.17) is 5.73 Å². The zero-order valence-electron chi connectivity index (χ0n) is 24.6. The molecule has 4 N–H and O–H groups in total. The summed E-state index contributed by atoms with van der Waals surface area (Å²) in [5.41, 5.74) is 5.57. The van der Waals surface area contributed by atoms with Gasteiger partial charge in [0.05, 0.1) is 43.6 Å². The van der Waals surface area contributed by atoms with Crippen LogP contribution in [-0.2, 0) is 20.2 Å². The molecule has 0 aliphatic heterocycles. The van der Waals surface area contributed by atoms with Crippen LogP contribution in [0.3, 0.4) is 0 Å². The van der Waals surface area contributed by atoms with Crippen molar-refractivity contribution in [3.05, 3.63) is 91.0 Å². The summed E-state index contributed by atoms with van der Waals surface area (Å²) in [5, 5.41) is 43.2. The largest absolute Gasteiger partial charge is 1.00 e. The smallest absolute Gasteiger partial charge is 0.744 e. The van der Waals surface area contributed by atoms with E-state index >= 15 is 0 Å². The summed E-state index contributed by atoms with van der Waals surface area (Å²) in [5.74, 6) is -0.846. The molecule has 0 unspecified atom stereocenters. The molecule has 228 valence electrons. The number of rotatable bonds is 8. The fourth-order valence-corrected chi connectivity index (χ4v) is 5.33. The summed E-state index contributed by atoms with van der Waals surface area (Å²) in [4.78, 5) is -2.01. The maximum Gasteiger partial charge on any atom is 1.00 e. The van der Waals surface area contributed by atoms with Gasteiger partial charge in [0.2, 0.25) is 0 Å². The molecule has 0 radical (unpaired) electrons. The van der Waals surface area contributed by atoms with Gasteiger partial charge in [0.25, 0.3) is 0 Å². The SMILES string of the molecule is Nc1c(N=Nc2ccc(N=Nc3ccc(O)cc3)cc2)c(S(=O)(=O)[O-])cc2cc(S(=O)(=O)[O-])c(N=Nc3ccccc3)c(O)c12.[Na+].[Na+]. The van der Waals surface area contributed by atoms with Gasteiger partial charge in [-0.25, -0.2) is 16.8 Å². The maximum absolute atomic E-state index is 12.2. The van der Waals surface area contributed by atoms with Crippen LogP contribution in [0.1, 0.15) is 0 Å². The second kappa shape index (κ2) is 15.5. The Kier molecular flexibility index (Phi) is 12.5. The number of phenols is 2. The van der Waals surface area contributed by atoms with Crippen LogP contribution in [0.15, 0.2) is 131 Å². The first-order chi connectivity index (χ1) is 21.3. The molecule has 0 atom stereocenters. The number of fused-ring (bicyclic) bond motifs is 1. The normalized spacial score (nSPS) is 12.0. The molecule has 0 aliphatic rings. The topological polar surface area (TPSA) is 255 Å². The number of hydrogen-bond acceptors (Lipinski definition) is 15. The Morgan fingerprint density at radius 1 is 0.553 bits per heavy atom. The van der Waals surface area contributed by atoms with E-state index in [0.717, 1.165) is 12.1 Å². The molecule has 0 saturated carbocycles. The number of aromatic hydroxyl groups is 2. The second-order valence-electron chi connectivity index (χ2n) is 9.18. The van der Waals surface area contributed by atoms with Crippen molar-refractivity contribution in [3.8, 4) is 11.5 Å². The van der Waals surface area contributed by atoms with Gasteiger partial charge < -0.3 is 25.1 Å². The number of nitrogen functional groups attached to an aromatic ring is 1. The second-order valence-corrected chi connectivity index (χ2v) is 11.9. The van der Waals surface area contributed by atoms with E-state index in [2.05, 4.69) is 30.7 Å². The van der Waals surface area contributed by atoms with Crippen molar-refractivity contribution in [2.75, 3.05) is 5.73 Å². The van der Waals surface area contributed by atoms with Crippen LogP contribution in [0.4, 0.5) is 39.8 Å². The van der Waals surface area contributed by atoms with Crippen molar-refractivity contribution >= 4 is 70.8 Å². The molecule has 0 spiro atoms. The van der Waals surface area contributed by atoms with Crippen LogP contribution < -0.4 is 64.8 Å². The quantitative estimate of drug-likeness (QED) is 0.0903. The Bertz CT molecular complexity index is 2240. The minimum atomic E-state index is -5.29. The molecule has 0 amide bonds. The molecule has 19 heteroatoms. The average molecular weight is 692 g/mol. The van der Waals surface area contributed by atoms with Crippen LogP contribution >= 0.6 is 0 Å². The van der Waals surface area contributed by atoms with E-state index in [1.807, 2.05) is 0 Å². The monoisotopic (exact) mass is 691 g/mol. The number of nitrogens with zero attached hydrogens (tertiary/aromatic N) is 6. The molecule has 0 fully saturated rings. The summed E-state index contributed by atoms with van der Waals surface area (Å²) in [6.07, 6.45) is 0. The molecular weight excluding hydrogens is 672 g/mol. The van der Waals surface area contributed by atoms with Gasteiger partial charge in [0.1, 0.15) is 37.4 Å². The van der Waals surface area contributed by atoms with Crippen molar-refractivity contribution in [2.24, 2.45) is 30.7 Å². The van der Waals surface area contributed by atoms with Gasteiger partial charge in [0.15, 0.2) is 5.75 Å². The van der Waals surface area contributed by atoms with Crippen molar-refractivity contribution in [1.29, 1.82) is 0 Å². The van der Waals surface area contributed by atoms with Gasteiger partial charge in [-0.3, -0.25) is 0 Å². The average Bonchev–Trinajstić information content (AvgIpc) is 2.99. The third-order valence-corrected chi connectivity index (χ3v) is 7.82. The number of anilines is 1. The molecule has 0 aliphatic carbocycles. The molecule has 0 aromatic heterocycles. The van der Waals surface area contributed by atoms with E-state index in [1.54, 1.807) is 30.3 Å². The zero-order valence-corrected chi connectivity index (χ0v) is 30.2. The number of phenolic OH excluding ortho intramolecular Hbond substituents is 2. The van der Waals surface area contributed by atoms with Gasteiger partial charge in [0, 0.05) is 0 Å². The standard InChI is InChI=1S/C28H21N7O8S2.2Na/c29-25-24-16(15-23(45(41,42)43)27(28(24)37)35-32-17-4-2-1-3-5-17)14-22(44(38,39)40)26(25)34-33-19-8-6-18(7-9-19)30-31-20-10-12-21(36)13-11-20;;/h1-15,36-37H,29H2,(H,38,39,40)(H,41,42,43);;/q;2*+1/p-2. The maximum atomic E-state index is 12.2. The van der Waals surface area contributed by atoms with E-state index in [1.165, 1.54) is 48.5 Å². The Morgan fingerprint density at radius 2 is 0.936 bits per heavy atom. The fraction of sp³-hybridized carbons (Fsp3) is 0. The summed E-state index contributed by atoms with van der Waals surface area (Å²) < 4.78 is 72.7. The minimum Gasteiger partial charge on any atom is -0.744 e. The van der Waals surface area contributed by atoms with Crippen LogP contribution in [0, 0.1) is 0 Å². The van der Waals surface area contributed by atoms with Crippen molar-refractivity contribution in [2.45, 2.75) is 9.79 Å². The van der Waals surface area contributed by atoms with Crippen LogP contribution in [0.2, 0.25) is 0 Å². The Morgan fingerprint density at radius 3 is 1.40 bits per heavy atom. The van der Waals surface area contributed by atoms with E-state index in [-0.39, 0.29) is 87.0 Å². The first kappa shape index (κ1) is 37.8. The van der Waals surface area contributed by atoms with Crippen molar-refractivity contribution in [3.63, 3.8) is 0 Å². The van der Waals surface area contributed by atoms with Gasteiger partial charge in [-0.05, 0) is 78.2 Å². The summed E-state index contributed by atoms with van der Waals surface area (Å²) in [7, 11) is -10.6. The van der Waals surface area contributed by atoms with E-state index in [0.29, 0.717) is 11.4 Å². The molecule has 5 aromatic carbocycles. The Hall–Kier alpha value is -3.62. The molecule has 0 bridgehead atoms. The predicted octanol–water partition coefficient (Wildman–Crippen LogP) is 0.896. The van der Waals surface area contributed by atoms with Crippen LogP contribution in [0.5, 0.6) is 11.5 Å². The van der Waals surface area contributed by atoms with Crippen LogP contribution in [0.25, 0.3) is 10.8 Å². The van der Waals surface area contributed by atoms with E-state index in [9.17, 15) is 36.2 Å². The number of hydrogen-bond donors (Lipinski definition) is 3. The van der Waals surface area contributed by atoms with Crippen LogP contribution in [-0.4, -0.2) is 36.2 Å². The molecule has 5 rings (SSSR count). The molecular formula is C28H19N7Na2O8S2. The first-order valence-corrected chi connectivity index (χ1v) is 15.4. The Balaban J connectivity index is 0.00000300. The number of nitrogens with two attached hydrogens (primary N) is 1. The predicted molar refractivity (Wildman–Crippen MR) is 159 cm³/mol. The third kappa shape index (κ3) is 9.05. The van der Waals surface area contributed by atoms with Gasteiger partial charge in [-0.15, -0.1) is 10.2 Å². The number of benzene rings is 5. The number of azo groups is 3. The zero-order chi connectivity index (χ0) is 32.4. The summed E-state index contributed by atoms with van der Waals surface area (Å²) in [6, 6.07) is 21.4. The first-order valence-electron chi connectivity index (χ1n) is 12.5. The van der Waals surface area contributed by atoms with Gasteiger partial charge in [-0.1, -0.05) is 18.2 Å². The molecule has 5 aromatic rings. The van der Waals surface area contributed by atoms with Gasteiger partial charge >= 0.3 is 59.1 Å². The third-order valence-electron chi connectivity index (χ3n) is 6.12. The summed E-state index contributed by atoms with van der Waals surface area (Å²) >= 11 is 0. The molecule has 15 nitrogen and oxygen atoms in total. The van der Waals surface area contributed by atoms with Crippen molar-refractivity contribution < 1.29 is 95.3 Å². The molecule has 0 heterocycles. The fourth-order valence-electron chi connectivity index (χ4n) is 4.02. The van der Waals surface area contributed by atoms with Crippen molar-refractivity contribution in [1.82, 2.24) is 0 Å². The summed E-state index contributed by atoms with van der Waals surface area (Å²) in [6.45, 7) is 0. The molecule has 47 heavy (non-hydrogen) atoms. The van der Waals surface area contributed by atoms with Gasteiger partial charge in [-0.2, -0.15) is 20.5 Å². The van der Waals surface area contributed by atoms with E-state index < -0.39 is 52.8 Å². The Labute approximate surface area is 312 Å².